The number of aliphatic hydroxyl groups excluding tert-OH is 3. The number of rotatable bonds is 15. The van der Waals surface area contributed by atoms with Crippen LogP contribution < -0.4 is 0 Å². The number of hydrogen-bond donors (Lipinski definition) is 6. The molecule has 0 saturated carbocycles. The molecule has 14 atom stereocenters. The number of unbranched alkanes of at least 4 members (excludes halogenated alkanes) is 4. The summed E-state index contributed by atoms with van der Waals surface area (Å²) >= 11 is 5.29. The van der Waals surface area contributed by atoms with Crippen molar-refractivity contribution < 1.29 is 49.6 Å². The lowest BCUT2D eigenvalue weighted by Crippen LogP contribution is -2.59. The van der Waals surface area contributed by atoms with E-state index in [9.17, 15) is 35.4 Å². The summed E-state index contributed by atoms with van der Waals surface area (Å²) in [5.74, 6) is -2.70. The highest BCUT2D eigenvalue weighted by Crippen LogP contribution is 2.37. The Kier molecular flexibility index (Phi) is 19.5. The molecule has 376 valence electrons. The number of aliphatic hydroxyl groups is 5. The van der Waals surface area contributed by atoms with Crippen molar-refractivity contribution in [3.05, 3.63) is 59.0 Å². The van der Waals surface area contributed by atoms with Crippen LogP contribution in [-0.2, 0) is 38.6 Å². The number of aromatic hydroxyl groups is 1. The number of cyclic esters (lactones) is 1. The monoisotopic (exact) mass is 957 g/mol. The van der Waals surface area contributed by atoms with Crippen molar-refractivity contribution >= 4 is 18.2 Å². The molecule has 0 radical (unpaired) electrons. The number of carbonyl (C=O) groups excluding carboxylic acids is 1. The van der Waals surface area contributed by atoms with Crippen LogP contribution in [0.1, 0.15) is 112 Å². The van der Waals surface area contributed by atoms with Crippen LogP contribution in [0.15, 0.2) is 48.8 Å². The molecular formula is C50H80N6O10S. The first-order chi connectivity index (χ1) is 31.5. The molecule has 2 aliphatic rings. The molecule has 0 spiro atoms. The van der Waals surface area contributed by atoms with Crippen LogP contribution >= 0.6 is 12.2 Å². The zero-order chi connectivity index (χ0) is 49.4. The van der Waals surface area contributed by atoms with Gasteiger partial charge in [0.1, 0.15) is 40.0 Å². The summed E-state index contributed by atoms with van der Waals surface area (Å²) in [6.07, 6.45) is 2.69. The van der Waals surface area contributed by atoms with Gasteiger partial charge >= 0.3 is 5.97 Å². The van der Waals surface area contributed by atoms with E-state index in [0.717, 1.165) is 62.0 Å². The van der Waals surface area contributed by atoms with Gasteiger partial charge in [-0.05, 0) is 104 Å². The summed E-state index contributed by atoms with van der Waals surface area (Å²) in [6, 6.07) is 10.6. The highest BCUT2D eigenvalue weighted by atomic mass is 32.1. The Morgan fingerprint density at radius 1 is 0.955 bits per heavy atom. The van der Waals surface area contributed by atoms with Crippen molar-refractivity contribution in [1.82, 2.24) is 29.4 Å². The Bertz CT molecular complexity index is 2070. The van der Waals surface area contributed by atoms with E-state index in [1.807, 2.05) is 78.8 Å². The maximum absolute atomic E-state index is 13.6. The fraction of sp³-hybridized carbons (Fsp3) is 0.720. The van der Waals surface area contributed by atoms with Crippen LogP contribution in [0.5, 0.6) is 5.75 Å². The molecule has 2 aliphatic heterocycles. The quantitative estimate of drug-likeness (QED) is 0.0615. The fourth-order valence-electron chi connectivity index (χ4n) is 10.2. The summed E-state index contributed by atoms with van der Waals surface area (Å²) in [5, 5.41) is 77.6. The molecule has 0 bridgehead atoms. The second-order valence-electron chi connectivity index (χ2n) is 20.3. The number of aromatic nitrogens is 4. The van der Waals surface area contributed by atoms with Crippen LogP contribution in [0.25, 0.3) is 11.3 Å². The number of pyridine rings is 1. The highest BCUT2D eigenvalue weighted by molar-refractivity contribution is 7.71. The summed E-state index contributed by atoms with van der Waals surface area (Å²) in [7, 11) is 3.78. The Morgan fingerprint density at radius 3 is 2.28 bits per heavy atom. The number of ether oxygens (including phenoxy) is 3. The first-order valence-corrected chi connectivity index (χ1v) is 24.7. The van der Waals surface area contributed by atoms with Gasteiger partial charge in [0.25, 0.3) is 0 Å². The molecule has 0 amide bonds. The molecule has 2 aromatic heterocycles. The second-order valence-corrected chi connectivity index (χ2v) is 20.7. The minimum atomic E-state index is -1.79. The average molecular weight is 957 g/mol. The molecule has 4 heterocycles. The SMILES string of the molecule is CC[C@H]1OC(=O)[C@H](C)[C@@H](O)[C@H](C)[C@@H](O[C@@H]2O[C@H](C)C[C@H](N(C)Cc3ccc(-c4cn(CCCCCCCn5cccc(O)c5=S)nn4)cc3)[C@@H]2O)[C@](C)(O)C[C@@H](C)CN(C)[C@H](C)[C@@H](O)[C@]1(C)O. The van der Waals surface area contributed by atoms with Gasteiger partial charge in [0.2, 0.25) is 0 Å². The van der Waals surface area contributed by atoms with Crippen molar-refractivity contribution in [3.8, 4) is 17.0 Å². The number of esters is 1. The number of carbonyl (C=O) groups is 1. The van der Waals surface area contributed by atoms with Gasteiger partial charge < -0.3 is 54.3 Å². The summed E-state index contributed by atoms with van der Waals surface area (Å²) in [6.45, 7) is 16.3. The van der Waals surface area contributed by atoms with Gasteiger partial charge in [-0.15, -0.1) is 5.10 Å². The molecule has 3 aromatic rings. The van der Waals surface area contributed by atoms with Crippen molar-refractivity contribution in [1.29, 1.82) is 0 Å². The van der Waals surface area contributed by atoms with Gasteiger partial charge in [0.15, 0.2) is 6.29 Å². The van der Waals surface area contributed by atoms with E-state index >= 15 is 0 Å². The Labute approximate surface area is 402 Å². The van der Waals surface area contributed by atoms with Gasteiger partial charge in [-0.3, -0.25) is 14.4 Å². The fourth-order valence-corrected chi connectivity index (χ4v) is 10.4. The molecule has 17 heteroatoms. The Hall–Kier alpha value is -3.36. The second kappa shape index (κ2) is 24.0. The zero-order valence-electron chi connectivity index (χ0n) is 41.4. The lowest BCUT2D eigenvalue weighted by atomic mass is 9.78. The first kappa shape index (κ1) is 54.6. The van der Waals surface area contributed by atoms with E-state index in [0.29, 0.717) is 24.2 Å². The van der Waals surface area contributed by atoms with Gasteiger partial charge in [-0.25, -0.2) is 0 Å². The minimum Gasteiger partial charge on any atom is -0.505 e. The number of aryl methyl sites for hydroxylation is 2. The smallest absolute Gasteiger partial charge is 0.311 e. The third kappa shape index (κ3) is 13.9. The lowest BCUT2D eigenvalue weighted by molar-refractivity contribution is -0.300. The van der Waals surface area contributed by atoms with Gasteiger partial charge in [0.05, 0.1) is 36.0 Å². The van der Waals surface area contributed by atoms with Crippen LogP contribution in [0.2, 0.25) is 0 Å². The summed E-state index contributed by atoms with van der Waals surface area (Å²) in [4.78, 5) is 17.6. The van der Waals surface area contributed by atoms with Crippen molar-refractivity contribution in [2.24, 2.45) is 17.8 Å². The van der Waals surface area contributed by atoms with E-state index in [2.05, 4.69) is 15.2 Å². The molecule has 1 aromatic carbocycles. The predicted molar refractivity (Wildman–Crippen MR) is 258 cm³/mol. The van der Waals surface area contributed by atoms with Gasteiger partial charge in [-0.1, -0.05) is 81.7 Å². The maximum Gasteiger partial charge on any atom is 0.311 e. The zero-order valence-corrected chi connectivity index (χ0v) is 42.3. The molecule has 2 saturated heterocycles. The van der Waals surface area contributed by atoms with Gasteiger partial charge in [-0.2, -0.15) is 0 Å². The molecule has 2 fully saturated rings. The molecule has 67 heavy (non-hydrogen) atoms. The number of benzene rings is 1. The largest absolute Gasteiger partial charge is 0.505 e. The van der Waals surface area contributed by atoms with E-state index in [1.165, 1.54) is 13.8 Å². The molecule has 6 N–H and O–H groups in total. The number of nitrogens with zero attached hydrogens (tertiary/aromatic N) is 6. The van der Waals surface area contributed by atoms with E-state index in [4.69, 9.17) is 26.4 Å². The molecule has 0 unspecified atom stereocenters. The van der Waals surface area contributed by atoms with Crippen molar-refractivity contribution in [2.45, 2.75) is 193 Å². The number of likely N-dealkylation sites (N-methyl/N-ethyl adjacent to an activating group) is 2. The molecule has 16 nitrogen and oxygen atoms in total. The predicted octanol–water partition coefficient (Wildman–Crippen LogP) is 5.69. The average Bonchev–Trinajstić information content (AvgIpc) is 3.76. The normalized spacial score (nSPS) is 34.1. The third-order valence-electron chi connectivity index (χ3n) is 14.4. The summed E-state index contributed by atoms with van der Waals surface area (Å²) < 4.78 is 23.0. The summed E-state index contributed by atoms with van der Waals surface area (Å²) in [5.41, 5.74) is -0.588. The van der Waals surface area contributed by atoms with Gasteiger partial charge in [0, 0.05) is 55.9 Å². The van der Waals surface area contributed by atoms with Crippen molar-refractivity contribution in [2.75, 3.05) is 20.6 Å². The van der Waals surface area contributed by atoms with E-state index in [1.54, 1.807) is 39.8 Å². The van der Waals surface area contributed by atoms with E-state index in [-0.39, 0.29) is 36.7 Å². The van der Waals surface area contributed by atoms with Crippen LogP contribution in [0.4, 0.5) is 0 Å². The first-order valence-electron chi connectivity index (χ1n) is 24.3. The van der Waals surface area contributed by atoms with Crippen LogP contribution in [-0.4, -0.2) is 153 Å². The highest BCUT2D eigenvalue weighted by Gasteiger charge is 2.50. The number of hydrogen-bond acceptors (Lipinski definition) is 15. The van der Waals surface area contributed by atoms with E-state index < -0.39 is 71.9 Å². The van der Waals surface area contributed by atoms with Crippen LogP contribution in [0.3, 0.4) is 0 Å². The molecular weight excluding hydrogens is 877 g/mol. The maximum atomic E-state index is 13.6. The standard InChI is InChI=1S/C50H80N6O10S/c1-11-41-50(8,63)44(60)35(6)53(9)28-31(2)27-49(7,62)45(33(4)42(58)34(5)47(61)65-41)66-48-43(59)39(26-32(3)64-48)54(10)29-36-19-21-37(22-20-36)38-30-56(52-51-38)25-16-14-12-13-15-23-55-24-17-18-40(57)46(55)67/h17-22,24,30-35,39,41-45,48,57-60,62-63H,11-16,23,25-29H2,1-10H3/t31-,32-,33+,34-,35-,39+,41-,42+,43+,44-,45-,48+,49-,50-/m1/s1. The topological polar surface area (TPSA) is 208 Å². The molecule has 5 rings (SSSR count). The van der Waals surface area contributed by atoms with Crippen molar-refractivity contribution in [3.63, 3.8) is 0 Å². The third-order valence-corrected chi connectivity index (χ3v) is 14.8. The Morgan fingerprint density at radius 2 is 1.61 bits per heavy atom. The van der Waals surface area contributed by atoms with Crippen LogP contribution in [0, 0.1) is 22.4 Å². The Balaban J connectivity index is 1.21. The lowest BCUT2D eigenvalue weighted by Gasteiger charge is -2.47. The minimum absolute atomic E-state index is 0.145. The molecule has 0 aliphatic carbocycles.